The summed E-state index contributed by atoms with van der Waals surface area (Å²) in [6.45, 7) is 2.81. The van der Waals surface area contributed by atoms with Crippen LogP contribution >= 0.6 is 0 Å². The zero-order valence-electron chi connectivity index (χ0n) is 16.7. The average molecular weight is 407 g/mol. The predicted molar refractivity (Wildman–Crippen MR) is 111 cm³/mol. The second-order valence-electron chi connectivity index (χ2n) is 6.99. The molecule has 156 valence electrons. The summed E-state index contributed by atoms with van der Waals surface area (Å²) in [6.07, 6.45) is 4.38. The van der Waals surface area contributed by atoms with Crippen molar-refractivity contribution in [3.63, 3.8) is 0 Å². The highest BCUT2D eigenvalue weighted by atomic mass is 16.3. The molecule has 0 bridgehead atoms. The van der Waals surface area contributed by atoms with E-state index in [0.29, 0.717) is 19.6 Å². The second kappa shape index (κ2) is 10.9. The number of hydrogen-bond acceptors (Lipinski definition) is 5. The van der Waals surface area contributed by atoms with Gasteiger partial charge in [-0.2, -0.15) is 0 Å². The molecule has 1 N–H and O–H groups in total. The number of hydrogen-bond donors (Lipinski definition) is 1. The number of carbonyl (C=O) groups excluding carboxylic acids is 1. The fourth-order valence-electron chi connectivity index (χ4n) is 3.49. The van der Waals surface area contributed by atoms with Gasteiger partial charge in [-0.25, -0.2) is 0 Å². The van der Waals surface area contributed by atoms with Gasteiger partial charge in [0.05, 0.1) is 31.6 Å². The van der Waals surface area contributed by atoms with Crippen LogP contribution in [0.1, 0.15) is 22.6 Å². The molecule has 0 unspecified atom stereocenters. The van der Waals surface area contributed by atoms with Gasteiger partial charge in [0.1, 0.15) is 5.76 Å². The molecule has 1 aromatic carbocycles. The van der Waals surface area contributed by atoms with Crippen LogP contribution in [0.2, 0.25) is 0 Å². The Labute approximate surface area is 175 Å². The first-order valence-corrected chi connectivity index (χ1v) is 9.76. The topological polar surface area (TPSA) is 86.9 Å². The first-order valence-electron chi connectivity index (χ1n) is 9.76. The Hall–Kier alpha value is -3.45. The number of rotatable bonds is 6. The van der Waals surface area contributed by atoms with E-state index in [2.05, 4.69) is 34.1 Å². The van der Waals surface area contributed by atoms with Crippen molar-refractivity contribution in [3.05, 3.63) is 89.6 Å². The van der Waals surface area contributed by atoms with Crippen molar-refractivity contribution in [2.75, 3.05) is 13.1 Å². The van der Waals surface area contributed by atoms with Crippen LogP contribution in [0.15, 0.2) is 71.5 Å². The van der Waals surface area contributed by atoms with Crippen LogP contribution in [0.5, 0.6) is 0 Å². The highest BCUT2D eigenvalue weighted by Gasteiger charge is 2.22. The molecule has 2 aromatic heterocycles. The maximum Gasteiger partial charge on any atom is 0.290 e. The summed E-state index contributed by atoms with van der Waals surface area (Å²) < 4.78 is 5.46. The molecule has 0 fully saturated rings. The molecule has 7 nitrogen and oxygen atoms in total. The van der Waals surface area contributed by atoms with Crippen molar-refractivity contribution in [1.29, 1.82) is 0 Å². The average Bonchev–Trinajstić information content (AvgIpc) is 3.28. The van der Waals surface area contributed by atoms with Gasteiger partial charge in [0.15, 0.2) is 0 Å². The summed E-state index contributed by atoms with van der Waals surface area (Å²) in [5.41, 5.74) is 3.59. The second-order valence-corrected chi connectivity index (χ2v) is 6.99. The van der Waals surface area contributed by atoms with Crippen molar-refractivity contribution in [2.45, 2.75) is 26.1 Å². The Morgan fingerprint density at radius 3 is 2.57 bits per heavy atom. The Balaban J connectivity index is 0.000000806. The lowest BCUT2D eigenvalue weighted by Crippen LogP contribution is -2.41. The van der Waals surface area contributed by atoms with E-state index in [1.165, 1.54) is 11.1 Å². The van der Waals surface area contributed by atoms with Crippen LogP contribution in [-0.2, 0) is 35.6 Å². The summed E-state index contributed by atoms with van der Waals surface area (Å²) in [6, 6.07) is 18.0. The fourth-order valence-corrected chi connectivity index (χ4v) is 3.49. The molecule has 7 heteroatoms. The highest BCUT2D eigenvalue weighted by molar-refractivity contribution is 5.78. The van der Waals surface area contributed by atoms with Gasteiger partial charge < -0.3 is 14.4 Å². The molecule has 0 saturated heterocycles. The zero-order valence-corrected chi connectivity index (χ0v) is 16.7. The standard InChI is InChI=1S/C22H23N3O2.CH2O2/c26-22(17-24-12-10-18-6-1-2-7-19(18)14-24)25(16-21-9-5-13-27-21)15-20-8-3-4-11-23-20;2-1-3/h1-9,11,13H,10,12,14-17H2;1H,(H,2,3). The van der Waals surface area contributed by atoms with E-state index in [1.54, 1.807) is 12.5 Å². The summed E-state index contributed by atoms with van der Waals surface area (Å²) in [7, 11) is 0. The molecular formula is C23H25N3O4. The SMILES string of the molecule is O=C(CN1CCc2ccccc2C1)N(Cc1ccccn1)Cc1ccco1.O=CO. The number of carboxylic acid groups (broad SMARTS) is 1. The number of pyridine rings is 1. The molecule has 0 aliphatic carbocycles. The van der Waals surface area contributed by atoms with E-state index in [9.17, 15) is 4.79 Å². The van der Waals surface area contributed by atoms with E-state index in [1.807, 2.05) is 35.2 Å². The molecule has 30 heavy (non-hydrogen) atoms. The molecule has 3 heterocycles. The van der Waals surface area contributed by atoms with Crippen LogP contribution in [0, 0.1) is 0 Å². The Morgan fingerprint density at radius 2 is 1.87 bits per heavy atom. The van der Waals surface area contributed by atoms with Gasteiger partial charge in [0.2, 0.25) is 5.91 Å². The molecule has 4 rings (SSSR count). The number of benzene rings is 1. The van der Waals surface area contributed by atoms with Crippen molar-refractivity contribution in [2.24, 2.45) is 0 Å². The minimum absolute atomic E-state index is 0.0939. The van der Waals surface area contributed by atoms with Crippen LogP contribution in [0.3, 0.4) is 0 Å². The van der Waals surface area contributed by atoms with Crippen LogP contribution in [-0.4, -0.2) is 45.4 Å². The van der Waals surface area contributed by atoms with Crippen molar-refractivity contribution < 1.29 is 19.1 Å². The number of aromatic nitrogens is 1. The molecular weight excluding hydrogens is 382 g/mol. The Morgan fingerprint density at radius 1 is 1.10 bits per heavy atom. The quantitative estimate of drug-likeness (QED) is 0.632. The third-order valence-corrected chi connectivity index (χ3v) is 4.93. The summed E-state index contributed by atoms with van der Waals surface area (Å²) in [5.74, 6) is 0.875. The Bertz CT molecular complexity index is 929. The Kier molecular flexibility index (Phi) is 7.74. The lowest BCUT2D eigenvalue weighted by Gasteiger charge is -2.30. The van der Waals surface area contributed by atoms with Gasteiger partial charge in [0.25, 0.3) is 6.47 Å². The number of amides is 1. The predicted octanol–water partition coefficient (Wildman–Crippen LogP) is 2.96. The summed E-state index contributed by atoms with van der Waals surface area (Å²) >= 11 is 0. The van der Waals surface area contributed by atoms with E-state index in [4.69, 9.17) is 14.3 Å². The summed E-state index contributed by atoms with van der Waals surface area (Å²) in [4.78, 5) is 29.8. The van der Waals surface area contributed by atoms with E-state index in [0.717, 1.165) is 31.0 Å². The van der Waals surface area contributed by atoms with Crippen LogP contribution in [0.4, 0.5) is 0 Å². The fraction of sp³-hybridized carbons (Fsp3) is 0.261. The summed E-state index contributed by atoms with van der Waals surface area (Å²) in [5, 5.41) is 6.89. The maximum absolute atomic E-state index is 13.1. The third-order valence-electron chi connectivity index (χ3n) is 4.93. The number of nitrogens with zero attached hydrogens (tertiary/aromatic N) is 3. The van der Waals surface area contributed by atoms with Crippen molar-refractivity contribution in [3.8, 4) is 0 Å². The number of fused-ring (bicyclic) bond motifs is 1. The van der Waals surface area contributed by atoms with Crippen molar-refractivity contribution >= 4 is 12.4 Å². The third kappa shape index (κ3) is 6.02. The lowest BCUT2D eigenvalue weighted by atomic mass is 10.00. The van der Waals surface area contributed by atoms with Gasteiger partial charge >= 0.3 is 0 Å². The van der Waals surface area contributed by atoms with Gasteiger partial charge in [-0.15, -0.1) is 0 Å². The first-order chi connectivity index (χ1) is 14.7. The van der Waals surface area contributed by atoms with Crippen molar-refractivity contribution in [1.82, 2.24) is 14.8 Å². The van der Waals surface area contributed by atoms with E-state index >= 15 is 0 Å². The molecule has 0 spiro atoms. The van der Waals surface area contributed by atoms with Crippen LogP contribution in [0.25, 0.3) is 0 Å². The van der Waals surface area contributed by atoms with Crippen LogP contribution < -0.4 is 0 Å². The minimum Gasteiger partial charge on any atom is -0.483 e. The molecule has 1 aliphatic rings. The number of furan rings is 1. The number of carbonyl (C=O) groups is 2. The molecule has 3 aromatic rings. The molecule has 0 saturated carbocycles. The largest absolute Gasteiger partial charge is 0.483 e. The van der Waals surface area contributed by atoms with E-state index in [-0.39, 0.29) is 12.4 Å². The maximum atomic E-state index is 13.1. The minimum atomic E-state index is -0.250. The molecule has 0 atom stereocenters. The smallest absolute Gasteiger partial charge is 0.290 e. The van der Waals surface area contributed by atoms with E-state index < -0.39 is 0 Å². The van der Waals surface area contributed by atoms with Gasteiger partial charge in [0, 0.05) is 19.3 Å². The molecule has 0 radical (unpaired) electrons. The lowest BCUT2D eigenvalue weighted by molar-refractivity contribution is -0.134. The van der Waals surface area contributed by atoms with Gasteiger partial charge in [-0.1, -0.05) is 30.3 Å². The zero-order chi connectivity index (χ0) is 21.2. The first kappa shape index (κ1) is 21.3. The molecule has 1 aliphatic heterocycles. The normalized spacial score (nSPS) is 12.9. The highest BCUT2D eigenvalue weighted by Crippen LogP contribution is 2.19. The monoisotopic (exact) mass is 407 g/mol. The van der Waals surface area contributed by atoms with Gasteiger partial charge in [-0.05, 0) is 41.8 Å². The molecule has 1 amide bonds. The van der Waals surface area contributed by atoms with Gasteiger partial charge in [-0.3, -0.25) is 19.5 Å².